The fourth-order valence-electron chi connectivity index (χ4n) is 4.85. The number of ketones is 1. The van der Waals surface area contributed by atoms with E-state index in [1.165, 1.54) is 6.42 Å². The Morgan fingerprint density at radius 1 is 0.938 bits per heavy atom. The van der Waals surface area contributed by atoms with Gasteiger partial charge in [-0.2, -0.15) is 0 Å². The van der Waals surface area contributed by atoms with Gasteiger partial charge in [-0.05, 0) is 43.5 Å². The summed E-state index contributed by atoms with van der Waals surface area (Å²) in [6, 6.07) is 20.2. The summed E-state index contributed by atoms with van der Waals surface area (Å²) in [7, 11) is 3.64. The Morgan fingerprint density at radius 2 is 1.44 bits per heavy atom. The number of alkyl halides is 1. The predicted octanol–water partition coefficient (Wildman–Crippen LogP) is 5.24. The minimum Gasteiger partial charge on any atom is -0.348 e. The van der Waals surface area contributed by atoms with Crippen LogP contribution >= 0.6 is 32.9 Å². The second-order valence-electron chi connectivity index (χ2n) is 8.67. The monoisotopic (exact) mass is 564 g/mol. The molecule has 0 saturated carbocycles. The van der Waals surface area contributed by atoms with E-state index in [2.05, 4.69) is 20.8 Å². The number of carbonyl (C=O) groups is 2. The van der Waals surface area contributed by atoms with Crippen molar-refractivity contribution in [1.82, 2.24) is 9.80 Å². The molecule has 0 aromatic heterocycles. The van der Waals surface area contributed by atoms with Crippen LogP contribution in [0.5, 0.6) is 0 Å². The first-order valence-electron chi connectivity index (χ1n) is 11.1. The second kappa shape index (κ2) is 12.7. The lowest BCUT2D eigenvalue weighted by molar-refractivity contribution is -0.134. The molecule has 32 heavy (non-hydrogen) atoms. The highest BCUT2D eigenvalue weighted by Crippen LogP contribution is 2.40. The number of likely N-dealkylation sites (N-methyl/N-ethyl adjacent to an activating group) is 1. The molecule has 6 heteroatoms. The van der Waals surface area contributed by atoms with Gasteiger partial charge in [0.2, 0.25) is 5.91 Å². The van der Waals surface area contributed by atoms with Crippen LogP contribution in [-0.4, -0.2) is 60.0 Å². The molecular weight excluding hydrogens is 532 g/mol. The number of carbonyl (C=O) groups excluding carboxylic acids is 2. The summed E-state index contributed by atoms with van der Waals surface area (Å²) >= 11 is 3.35. The van der Waals surface area contributed by atoms with Gasteiger partial charge in [-0.25, -0.2) is 0 Å². The number of hydrogen-bond donors (Lipinski definition) is 0. The van der Waals surface area contributed by atoms with Crippen LogP contribution in [0.3, 0.4) is 0 Å². The summed E-state index contributed by atoms with van der Waals surface area (Å²) in [4.78, 5) is 30.6. The summed E-state index contributed by atoms with van der Waals surface area (Å²) in [5, 5.41) is 0.350. The van der Waals surface area contributed by atoms with E-state index in [-0.39, 0.29) is 34.7 Å². The van der Waals surface area contributed by atoms with Gasteiger partial charge in [0.05, 0.1) is 5.33 Å². The van der Waals surface area contributed by atoms with Gasteiger partial charge in [0.25, 0.3) is 0 Å². The summed E-state index contributed by atoms with van der Waals surface area (Å²) in [6.07, 6.45) is 4.55. The van der Waals surface area contributed by atoms with Crippen LogP contribution < -0.4 is 0 Å². The molecule has 0 aliphatic carbocycles. The SMILES string of the molecule is Br.CN(C)C(=O)C(CC(CC(=O)CBr)N1CCCCC1)(c1ccccc1)c1ccccc1. The largest absolute Gasteiger partial charge is 0.348 e. The Balaban J connectivity index is 0.00000363. The number of nitrogens with zero attached hydrogens (tertiary/aromatic N) is 2. The third-order valence-electron chi connectivity index (χ3n) is 6.37. The molecule has 2 aromatic rings. The van der Waals surface area contributed by atoms with Crippen LogP contribution in [0.1, 0.15) is 43.2 Å². The van der Waals surface area contributed by atoms with Crippen molar-refractivity contribution in [2.45, 2.75) is 43.6 Å². The first-order chi connectivity index (χ1) is 15.0. The quantitative estimate of drug-likeness (QED) is 0.390. The van der Waals surface area contributed by atoms with E-state index in [4.69, 9.17) is 0 Å². The maximum atomic E-state index is 14.0. The number of piperidine rings is 1. The van der Waals surface area contributed by atoms with Gasteiger partial charge < -0.3 is 4.90 Å². The van der Waals surface area contributed by atoms with E-state index in [0.717, 1.165) is 37.1 Å². The van der Waals surface area contributed by atoms with Crippen molar-refractivity contribution in [3.05, 3.63) is 71.8 Å². The molecule has 1 aliphatic rings. The molecule has 4 nitrogen and oxygen atoms in total. The molecule has 1 fully saturated rings. The summed E-state index contributed by atoms with van der Waals surface area (Å²) in [6.45, 7) is 1.96. The lowest BCUT2D eigenvalue weighted by Crippen LogP contribution is -2.51. The van der Waals surface area contributed by atoms with Gasteiger partial charge in [0.15, 0.2) is 0 Å². The zero-order valence-corrected chi connectivity index (χ0v) is 22.3. The molecule has 1 aliphatic heterocycles. The standard InChI is InChI=1S/C26H33BrN2O2.BrH/c1-28(2)25(31)26(21-12-6-3-7-13-21,22-14-8-4-9-15-22)19-23(18-24(30)20-27)29-16-10-5-11-17-29;/h3-4,6-9,12-15,23H,5,10-11,16-20H2,1-2H3;1H. The van der Waals surface area contributed by atoms with Crippen LogP contribution in [0.25, 0.3) is 0 Å². The van der Waals surface area contributed by atoms with Gasteiger partial charge in [-0.3, -0.25) is 14.5 Å². The summed E-state index contributed by atoms with van der Waals surface area (Å²) in [5.74, 6) is 0.237. The highest BCUT2D eigenvalue weighted by molar-refractivity contribution is 9.09. The number of rotatable bonds is 9. The molecule has 1 saturated heterocycles. The number of likely N-dealkylation sites (tertiary alicyclic amines) is 1. The predicted molar refractivity (Wildman–Crippen MR) is 140 cm³/mol. The van der Waals surface area contributed by atoms with E-state index in [0.29, 0.717) is 18.2 Å². The Kier molecular flexibility index (Phi) is 10.6. The van der Waals surface area contributed by atoms with Crippen molar-refractivity contribution in [2.24, 2.45) is 0 Å². The summed E-state index contributed by atoms with van der Waals surface area (Å²) < 4.78 is 0. The topological polar surface area (TPSA) is 40.6 Å². The smallest absolute Gasteiger partial charge is 0.237 e. The van der Waals surface area contributed by atoms with Crippen LogP contribution in [0.2, 0.25) is 0 Å². The van der Waals surface area contributed by atoms with E-state index in [1.807, 2.05) is 74.8 Å². The van der Waals surface area contributed by atoms with Crippen LogP contribution in [-0.2, 0) is 15.0 Å². The first kappa shape index (κ1) is 26.7. The van der Waals surface area contributed by atoms with Gasteiger partial charge in [0.1, 0.15) is 11.2 Å². The second-order valence-corrected chi connectivity index (χ2v) is 9.23. The van der Waals surface area contributed by atoms with Gasteiger partial charge in [-0.1, -0.05) is 83.0 Å². The Hall–Kier alpha value is -1.50. The number of amides is 1. The van der Waals surface area contributed by atoms with Gasteiger partial charge >= 0.3 is 0 Å². The molecule has 1 amide bonds. The number of benzene rings is 2. The van der Waals surface area contributed by atoms with Gasteiger partial charge in [-0.15, -0.1) is 17.0 Å². The van der Waals surface area contributed by atoms with E-state index < -0.39 is 5.41 Å². The molecule has 0 bridgehead atoms. The molecule has 1 atom stereocenters. The average molecular weight is 566 g/mol. The Labute approximate surface area is 211 Å². The van der Waals surface area contributed by atoms with Gasteiger partial charge in [0, 0.05) is 26.6 Å². The van der Waals surface area contributed by atoms with E-state index in [9.17, 15) is 9.59 Å². The molecular formula is C26H34Br2N2O2. The number of Topliss-reactive ketones (excluding diaryl/α,β-unsaturated/α-hetero) is 1. The molecule has 0 spiro atoms. The normalized spacial score (nSPS) is 15.5. The highest BCUT2D eigenvalue weighted by Gasteiger charge is 2.45. The van der Waals surface area contributed by atoms with Crippen molar-refractivity contribution in [3.63, 3.8) is 0 Å². The van der Waals surface area contributed by atoms with Crippen molar-refractivity contribution in [1.29, 1.82) is 0 Å². The third kappa shape index (κ3) is 6.09. The minimum atomic E-state index is -0.847. The van der Waals surface area contributed by atoms with Crippen LogP contribution in [0, 0.1) is 0 Å². The van der Waals surface area contributed by atoms with Crippen molar-refractivity contribution >= 4 is 44.6 Å². The van der Waals surface area contributed by atoms with E-state index >= 15 is 0 Å². The molecule has 2 aromatic carbocycles. The Morgan fingerprint density at radius 3 is 1.88 bits per heavy atom. The molecule has 1 heterocycles. The molecule has 0 radical (unpaired) electrons. The van der Waals surface area contributed by atoms with E-state index in [1.54, 1.807) is 4.90 Å². The lowest BCUT2D eigenvalue weighted by atomic mass is 9.68. The minimum absolute atomic E-state index is 0. The zero-order chi connectivity index (χ0) is 22.3. The van der Waals surface area contributed by atoms with Crippen molar-refractivity contribution < 1.29 is 9.59 Å². The zero-order valence-electron chi connectivity index (χ0n) is 19.0. The fraction of sp³-hybridized carbons (Fsp3) is 0.462. The molecule has 3 rings (SSSR count). The van der Waals surface area contributed by atoms with Crippen molar-refractivity contribution in [3.8, 4) is 0 Å². The molecule has 0 N–H and O–H groups in total. The molecule has 174 valence electrons. The third-order valence-corrected chi connectivity index (χ3v) is 6.99. The highest BCUT2D eigenvalue weighted by atomic mass is 79.9. The molecule has 1 unspecified atom stereocenters. The van der Waals surface area contributed by atoms with Crippen LogP contribution in [0.15, 0.2) is 60.7 Å². The van der Waals surface area contributed by atoms with Crippen molar-refractivity contribution in [2.75, 3.05) is 32.5 Å². The first-order valence-corrected chi connectivity index (χ1v) is 12.3. The maximum absolute atomic E-state index is 14.0. The van der Waals surface area contributed by atoms with Crippen LogP contribution in [0.4, 0.5) is 0 Å². The average Bonchev–Trinajstić information content (AvgIpc) is 2.82. The Bertz CT molecular complexity index is 813. The number of halogens is 2. The lowest BCUT2D eigenvalue weighted by Gasteiger charge is -2.42. The summed E-state index contributed by atoms with van der Waals surface area (Å²) in [5.41, 5.74) is 1.11. The number of hydrogen-bond acceptors (Lipinski definition) is 3. The fourth-order valence-corrected chi connectivity index (χ4v) is 5.08. The maximum Gasteiger partial charge on any atom is 0.237 e.